The molecule has 3 N–H and O–H groups in total. The van der Waals surface area contributed by atoms with E-state index < -0.39 is 0 Å². The van der Waals surface area contributed by atoms with E-state index in [-0.39, 0.29) is 5.91 Å². The Labute approximate surface area is 155 Å². The summed E-state index contributed by atoms with van der Waals surface area (Å²) >= 11 is 0. The number of nitrogens with zero attached hydrogens (tertiary/aromatic N) is 3. The molecule has 26 heavy (non-hydrogen) atoms. The molecule has 0 saturated heterocycles. The van der Waals surface area contributed by atoms with Crippen molar-refractivity contribution in [3.8, 4) is 0 Å². The van der Waals surface area contributed by atoms with Crippen LogP contribution < -0.4 is 16.0 Å². The van der Waals surface area contributed by atoms with Gasteiger partial charge in [-0.2, -0.15) is 0 Å². The Balaban J connectivity index is 1.79. The van der Waals surface area contributed by atoms with E-state index in [2.05, 4.69) is 25.5 Å². The monoisotopic (exact) mass is 356 g/mol. The minimum absolute atomic E-state index is 0.0254. The van der Waals surface area contributed by atoms with E-state index in [0.29, 0.717) is 13.1 Å². The van der Waals surface area contributed by atoms with Crippen LogP contribution >= 0.6 is 0 Å². The molecule has 0 bridgehead atoms. The van der Waals surface area contributed by atoms with Gasteiger partial charge >= 0.3 is 0 Å². The minimum Gasteiger partial charge on any atom is -0.355 e. The molecule has 0 atom stereocenters. The number of rotatable bonds is 8. The van der Waals surface area contributed by atoms with E-state index in [1.54, 1.807) is 7.05 Å². The van der Waals surface area contributed by atoms with Crippen LogP contribution in [0.5, 0.6) is 0 Å². The highest BCUT2D eigenvalue weighted by Gasteiger charge is 2.05. The predicted molar refractivity (Wildman–Crippen MR) is 106 cm³/mol. The number of nitrogens with one attached hydrogen (secondary N) is 3. The number of guanidine groups is 1. The number of carbonyl (C=O) groups excluding carboxylic acids is 1. The zero-order valence-corrected chi connectivity index (χ0v) is 15.7. The van der Waals surface area contributed by atoms with E-state index in [9.17, 15) is 4.79 Å². The van der Waals surface area contributed by atoms with Crippen molar-refractivity contribution in [2.45, 2.75) is 13.1 Å². The SMILES string of the molecule is CN=C(NCCn1cccc1)NCc1cccc(NC(=O)CN(C)C)c1. The highest BCUT2D eigenvalue weighted by Crippen LogP contribution is 2.10. The molecule has 0 saturated carbocycles. The van der Waals surface area contributed by atoms with Gasteiger partial charge in [0, 0.05) is 44.8 Å². The van der Waals surface area contributed by atoms with E-state index in [1.807, 2.05) is 67.8 Å². The first-order valence-corrected chi connectivity index (χ1v) is 8.65. The Hall–Kier alpha value is -2.80. The molecule has 0 unspecified atom stereocenters. The van der Waals surface area contributed by atoms with Gasteiger partial charge in [-0.3, -0.25) is 9.79 Å². The molecule has 0 aliphatic heterocycles. The van der Waals surface area contributed by atoms with Crippen molar-refractivity contribution in [3.05, 3.63) is 54.4 Å². The second kappa shape index (κ2) is 10.2. The summed E-state index contributed by atoms with van der Waals surface area (Å²) in [5, 5.41) is 9.48. The highest BCUT2D eigenvalue weighted by atomic mass is 16.2. The number of carbonyl (C=O) groups is 1. The van der Waals surface area contributed by atoms with E-state index in [1.165, 1.54) is 0 Å². The van der Waals surface area contributed by atoms with Crippen molar-refractivity contribution in [2.75, 3.05) is 39.5 Å². The van der Waals surface area contributed by atoms with E-state index in [4.69, 9.17) is 0 Å². The summed E-state index contributed by atoms with van der Waals surface area (Å²) < 4.78 is 2.11. The maximum absolute atomic E-state index is 11.9. The molecule has 1 heterocycles. The lowest BCUT2D eigenvalue weighted by Gasteiger charge is -2.13. The zero-order chi connectivity index (χ0) is 18.8. The van der Waals surface area contributed by atoms with Crippen LogP contribution in [-0.4, -0.2) is 55.6 Å². The molecule has 0 aliphatic carbocycles. The molecule has 1 aromatic carbocycles. The summed E-state index contributed by atoms with van der Waals surface area (Å²) in [4.78, 5) is 17.9. The van der Waals surface area contributed by atoms with Crippen LogP contribution in [0.4, 0.5) is 5.69 Å². The molecule has 0 spiro atoms. The zero-order valence-electron chi connectivity index (χ0n) is 15.7. The van der Waals surface area contributed by atoms with Gasteiger partial charge in [-0.05, 0) is 43.9 Å². The van der Waals surface area contributed by atoms with Crippen molar-refractivity contribution in [2.24, 2.45) is 4.99 Å². The van der Waals surface area contributed by atoms with Crippen molar-refractivity contribution in [1.82, 2.24) is 20.1 Å². The topological polar surface area (TPSA) is 73.7 Å². The minimum atomic E-state index is -0.0254. The maximum atomic E-state index is 11.9. The molecule has 7 heteroatoms. The molecule has 2 aromatic rings. The number of hydrogen-bond donors (Lipinski definition) is 3. The first-order chi connectivity index (χ1) is 12.6. The molecule has 1 amide bonds. The van der Waals surface area contributed by atoms with Gasteiger partial charge in [0.05, 0.1) is 6.54 Å². The highest BCUT2D eigenvalue weighted by molar-refractivity contribution is 5.92. The Bertz CT molecular complexity index is 709. The van der Waals surface area contributed by atoms with Crippen molar-refractivity contribution < 1.29 is 4.79 Å². The normalized spacial score (nSPS) is 11.5. The number of likely N-dealkylation sites (N-methyl/N-ethyl adjacent to an activating group) is 1. The fourth-order valence-corrected chi connectivity index (χ4v) is 2.48. The summed E-state index contributed by atoms with van der Waals surface area (Å²) in [6.45, 7) is 2.65. The van der Waals surface area contributed by atoms with Gasteiger partial charge in [-0.1, -0.05) is 12.1 Å². The Morgan fingerprint density at radius 1 is 1.15 bits per heavy atom. The van der Waals surface area contributed by atoms with Crippen LogP contribution in [0.3, 0.4) is 0 Å². The van der Waals surface area contributed by atoms with Gasteiger partial charge in [-0.25, -0.2) is 0 Å². The number of amides is 1. The fourth-order valence-electron chi connectivity index (χ4n) is 2.48. The second-order valence-electron chi connectivity index (χ2n) is 6.26. The first-order valence-electron chi connectivity index (χ1n) is 8.65. The Morgan fingerprint density at radius 2 is 1.92 bits per heavy atom. The summed E-state index contributed by atoms with van der Waals surface area (Å²) in [5.74, 6) is 0.724. The molecule has 2 rings (SSSR count). The van der Waals surface area contributed by atoms with Crippen molar-refractivity contribution in [3.63, 3.8) is 0 Å². The lowest BCUT2D eigenvalue weighted by Crippen LogP contribution is -2.38. The number of benzene rings is 1. The van der Waals surface area contributed by atoms with Crippen molar-refractivity contribution in [1.29, 1.82) is 0 Å². The molecule has 0 fully saturated rings. The number of aromatic nitrogens is 1. The quantitative estimate of drug-likeness (QED) is 0.493. The average Bonchev–Trinajstić information content (AvgIpc) is 3.11. The van der Waals surface area contributed by atoms with Gasteiger partial charge < -0.3 is 25.4 Å². The molecule has 140 valence electrons. The third-order valence-electron chi connectivity index (χ3n) is 3.68. The van der Waals surface area contributed by atoms with Gasteiger partial charge in [0.2, 0.25) is 5.91 Å². The number of aliphatic imine (C=N–C) groups is 1. The van der Waals surface area contributed by atoms with E-state index in [0.717, 1.165) is 30.3 Å². The van der Waals surface area contributed by atoms with Gasteiger partial charge in [0.1, 0.15) is 0 Å². The third-order valence-corrected chi connectivity index (χ3v) is 3.68. The van der Waals surface area contributed by atoms with Crippen LogP contribution in [0, 0.1) is 0 Å². The number of hydrogen-bond acceptors (Lipinski definition) is 3. The Kier molecular flexibility index (Phi) is 7.70. The summed E-state index contributed by atoms with van der Waals surface area (Å²) in [5.41, 5.74) is 1.87. The van der Waals surface area contributed by atoms with Gasteiger partial charge in [0.25, 0.3) is 0 Å². The molecule has 0 aliphatic rings. The third kappa shape index (κ3) is 6.98. The molecule has 7 nitrogen and oxygen atoms in total. The van der Waals surface area contributed by atoms with Crippen LogP contribution in [-0.2, 0) is 17.9 Å². The first kappa shape index (κ1) is 19.5. The van der Waals surface area contributed by atoms with E-state index >= 15 is 0 Å². The van der Waals surface area contributed by atoms with Crippen LogP contribution in [0.1, 0.15) is 5.56 Å². The second-order valence-corrected chi connectivity index (χ2v) is 6.26. The molecular weight excluding hydrogens is 328 g/mol. The predicted octanol–water partition coefficient (Wildman–Crippen LogP) is 1.35. The lowest BCUT2D eigenvalue weighted by molar-refractivity contribution is -0.116. The largest absolute Gasteiger partial charge is 0.355 e. The molecule has 1 aromatic heterocycles. The maximum Gasteiger partial charge on any atom is 0.238 e. The summed E-state index contributed by atoms with van der Waals surface area (Å²) in [6.07, 6.45) is 4.07. The van der Waals surface area contributed by atoms with Crippen molar-refractivity contribution >= 4 is 17.6 Å². The van der Waals surface area contributed by atoms with Crippen LogP contribution in [0.25, 0.3) is 0 Å². The Morgan fingerprint density at radius 3 is 2.62 bits per heavy atom. The molecular formula is C19H28N6O. The van der Waals surface area contributed by atoms with Crippen LogP contribution in [0.2, 0.25) is 0 Å². The lowest BCUT2D eigenvalue weighted by atomic mass is 10.2. The average molecular weight is 356 g/mol. The summed E-state index contributed by atoms with van der Waals surface area (Å²) in [7, 11) is 5.49. The number of anilines is 1. The smallest absolute Gasteiger partial charge is 0.238 e. The standard InChI is InChI=1S/C19H28N6O/c1-20-19(21-9-12-25-10-4-5-11-25)22-14-16-7-6-8-17(13-16)23-18(26)15-24(2)3/h4-8,10-11,13H,9,12,14-15H2,1-3H3,(H,23,26)(H2,20,21,22). The molecule has 0 radical (unpaired) electrons. The van der Waals surface area contributed by atoms with Gasteiger partial charge in [-0.15, -0.1) is 0 Å². The summed E-state index contributed by atoms with van der Waals surface area (Å²) in [6, 6.07) is 11.8. The van der Waals surface area contributed by atoms with Gasteiger partial charge in [0.15, 0.2) is 5.96 Å². The van der Waals surface area contributed by atoms with Crippen LogP contribution in [0.15, 0.2) is 53.8 Å². The fraction of sp³-hybridized carbons (Fsp3) is 0.368.